The third kappa shape index (κ3) is 8.05. The first-order valence-corrected chi connectivity index (χ1v) is 16.5. The average molecular weight is 630 g/mol. The molecule has 3 fully saturated rings. The normalized spacial score (nSPS) is 22.6. The first kappa shape index (κ1) is 32.1. The quantitative estimate of drug-likeness (QED) is 0.347. The van der Waals surface area contributed by atoms with Crippen LogP contribution in [0.2, 0.25) is 10.0 Å². The molecule has 234 valence electrons. The summed E-state index contributed by atoms with van der Waals surface area (Å²) in [7, 11) is 0. The maximum absolute atomic E-state index is 13.4. The number of nitrogens with zero attached hydrogens (tertiary/aromatic N) is 4. The fourth-order valence-corrected chi connectivity index (χ4v) is 7.19. The molecule has 2 aromatic carbocycles. The Labute approximate surface area is 267 Å². The van der Waals surface area contributed by atoms with Gasteiger partial charge in [-0.1, -0.05) is 47.5 Å². The Morgan fingerprint density at radius 2 is 1.65 bits per heavy atom. The largest absolute Gasteiger partial charge is 0.444 e. The fraction of sp³-hybridized carbons (Fsp3) is 0.588. The summed E-state index contributed by atoms with van der Waals surface area (Å²) < 4.78 is 5.60. The van der Waals surface area contributed by atoms with E-state index in [1.165, 1.54) is 5.56 Å². The van der Waals surface area contributed by atoms with Crippen LogP contribution in [0.15, 0.2) is 48.5 Å². The lowest BCUT2D eigenvalue weighted by Gasteiger charge is -2.47. The van der Waals surface area contributed by atoms with Gasteiger partial charge in [0.25, 0.3) is 5.91 Å². The fourth-order valence-electron chi connectivity index (χ4n) is 6.89. The number of amides is 2. The molecule has 0 saturated carbocycles. The minimum Gasteiger partial charge on any atom is -0.444 e. The molecule has 7 nitrogen and oxygen atoms in total. The second kappa shape index (κ2) is 13.8. The number of ether oxygens (including phenoxy) is 1. The van der Waals surface area contributed by atoms with Crippen molar-refractivity contribution in [3.63, 3.8) is 0 Å². The number of hydrogen-bond acceptors (Lipinski definition) is 5. The van der Waals surface area contributed by atoms with E-state index in [-0.39, 0.29) is 17.4 Å². The van der Waals surface area contributed by atoms with Crippen LogP contribution in [0.3, 0.4) is 0 Å². The van der Waals surface area contributed by atoms with Crippen molar-refractivity contribution >= 4 is 35.2 Å². The van der Waals surface area contributed by atoms with Gasteiger partial charge in [0.05, 0.1) is 10.0 Å². The predicted molar refractivity (Wildman–Crippen MR) is 173 cm³/mol. The zero-order valence-electron chi connectivity index (χ0n) is 25.9. The predicted octanol–water partition coefficient (Wildman–Crippen LogP) is 6.57. The summed E-state index contributed by atoms with van der Waals surface area (Å²) in [5.41, 5.74) is 1.29. The second-order valence-corrected chi connectivity index (χ2v) is 14.3. The van der Waals surface area contributed by atoms with E-state index in [2.05, 4.69) is 15.9 Å². The molecule has 0 spiro atoms. The van der Waals surface area contributed by atoms with Crippen LogP contribution in [0.25, 0.3) is 0 Å². The highest BCUT2D eigenvalue weighted by molar-refractivity contribution is 6.42. The van der Waals surface area contributed by atoms with Crippen molar-refractivity contribution in [2.24, 2.45) is 0 Å². The van der Waals surface area contributed by atoms with Crippen molar-refractivity contribution in [1.29, 1.82) is 0 Å². The molecule has 3 heterocycles. The topological polar surface area (TPSA) is 56.3 Å². The summed E-state index contributed by atoms with van der Waals surface area (Å²) in [6.45, 7) is 13.7. The van der Waals surface area contributed by atoms with Crippen LogP contribution in [0.4, 0.5) is 4.79 Å². The minimum atomic E-state index is -0.469. The van der Waals surface area contributed by atoms with E-state index in [9.17, 15) is 9.59 Å². The number of benzene rings is 2. The van der Waals surface area contributed by atoms with Gasteiger partial charge in [0.1, 0.15) is 5.60 Å². The van der Waals surface area contributed by atoms with Crippen LogP contribution in [-0.2, 0) is 10.2 Å². The van der Waals surface area contributed by atoms with E-state index in [1.54, 1.807) is 0 Å². The summed E-state index contributed by atoms with van der Waals surface area (Å²) in [4.78, 5) is 35.0. The molecule has 0 N–H and O–H groups in total. The van der Waals surface area contributed by atoms with Gasteiger partial charge in [0.15, 0.2) is 0 Å². The number of carbonyl (C=O) groups is 2. The molecule has 5 rings (SSSR count). The van der Waals surface area contributed by atoms with Crippen LogP contribution in [0.5, 0.6) is 0 Å². The molecule has 0 aliphatic carbocycles. The average Bonchev–Trinajstić information content (AvgIpc) is 3.21. The van der Waals surface area contributed by atoms with E-state index < -0.39 is 5.60 Å². The van der Waals surface area contributed by atoms with E-state index in [1.807, 2.05) is 73.0 Å². The maximum atomic E-state index is 13.4. The van der Waals surface area contributed by atoms with Gasteiger partial charge in [-0.3, -0.25) is 9.69 Å². The molecule has 0 bridgehead atoms. The summed E-state index contributed by atoms with van der Waals surface area (Å²) in [6.07, 6.45) is 4.78. The number of rotatable bonds is 7. The first-order valence-electron chi connectivity index (χ1n) is 15.8. The Bertz CT molecular complexity index is 1260. The third-order valence-corrected chi connectivity index (χ3v) is 9.92. The van der Waals surface area contributed by atoms with E-state index in [4.69, 9.17) is 27.9 Å². The summed E-state index contributed by atoms with van der Waals surface area (Å²) in [6, 6.07) is 16.1. The SMILES string of the molecule is CC(C)(C)OC(=O)N1CCCN(C2CN(CCC[C@]3(c4ccc(Cl)c(Cl)c4)CCCN(C(=O)c4ccccc4)C3)C2)CC1. The number of hydrogen-bond donors (Lipinski definition) is 0. The lowest BCUT2D eigenvalue weighted by Crippen LogP contribution is -2.60. The Kier molecular flexibility index (Phi) is 10.3. The summed E-state index contributed by atoms with van der Waals surface area (Å²) in [5.74, 6) is 0.0954. The van der Waals surface area contributed by atoms with Crippen molar-refractivity contribution in [3.8, 4) is 0 Å². The van der Waals surface area contributed by atoms with Crippen LogP contribution < -0.4 is 0 Å². The van der Waals surface area contributed by atoms with Gasteiger partial charge in [-0.2, -0.15) is 0 Å². The molecule has 2 aromatic rings. The molecule has 3 saturated heterocycles. The molecule has 0 aromatic heterocycles. The molecule has 3 aliphatic heterocycles. The van der Waals surface area contributed by atoms with Crippen molar-refractivity contribution in [2.45, 2.75) is 69.9 Å². The Morgan fingerprint density at radius 1 is 0.907 bits per heavy atom. The third-order valence-electron chi connectivity index (χ3n) is 9.18. The van der Waals surface area contributed by atoms with E-state index >= 15 is 0 Å². The summed E-state index contributed by atoms with van der Waals surface area (Å²) in [5, 5.41) is 1.13. The number of carbonyl (C=O) groups excluding carboxylic acids is 2. The highest BCUT2D eigenvalue weighted by atomic mass is 35.5. The zero-order valence-corrected chi connectivity index (χ0v) is 27.4. The molecular formula is C34H46Cl2N4O3. The van der Waals surface area contributed by atoms with Gasteiger partial charge in [0, 0.05) is 69.4 Å². The van der Waals surface area contributed by atoms with Gasteiger partial charge >= 0.3 is 6.09 Å². The summed E-state index contributed by atoms with van der Waals surface area (Å²) >= 11 is 12.8. The monoisotopic (exact) mass is 628 g/mol. The van der Waals surface area contributed by atoms with Crippen molar-refractivity contribution < 1.29 is 14.3 Å². The molecule has 3 aliphatic rings. The van der Waals surface area contributed by atoms with Crippen molar-refractivity contribution in [3.05, 3.63) is 69.7 Å². The minimum absolute atomic E-state index is 0.0954. The van der Waals surface area contributed by atoms with Gasteiger partial charge in [-0.15, -0.1) is 0 Å². The standard InChI is InChI=1S/C34H46Cl2N4O3/c1-33(2,3)43-32(42)39-19-9-18-38(20-21-39)28-23-37(24-28)16-7-14-34(27-12-13-29(35)30(36)22-27)15-8-17-40(25-34)31(41)26-10-5-4-6-11-26/h4-6,10-13,22,28H,7-9,14-21,23-25H2,1-3H3/t34-/m0/s1. The van der Waals surface area contributed by atoms with E-state index in [0.717, 1.165) is 90.0 Å². The Hall–Kier alpha value is -2.32. The second-order valence-electron chi connectivity index (χ2n) is 13.5. The molecule has 43 heavy (non-hydrogen) atoms. The molecule has 0 radical (unpaired) electrons. The molecule has 9 heteroatoms. The molecule has 2 amide bonds. The van der Waals surface area contributed by atoms with Gasteiger partial charge in [0.2, 0.25) is 0 Å². The smallest absolute Gasteiger partial charge is 0.410 e. The first-order chi connectivity index (χ1) is 20.5. The van der Waals surface area contributed by atoms with Gasteiger partial charge in [-0.25, -0.2) is 4.79 Å². The lowest BCUT2D eigenvalue weighted by atomic mass is 9.71. The highest BCUT2D eigenvalue weighted by Gasteiger charge is 2.40. The van der Waals surface area contributed by atoms with Crippen LogP contribution >= 0.6 is 23.2 Å². The zero-order chi connectivity index (χ0) is 30.6. The van der Waals surface area contributed by atoms with Crippen LogP contribution in [0, 0.1) is 0 Å². The Morgan fingerprint density at radius 3 is 2.37 bits per heavy atom. The van der Waals surface area contributed by atoms with E-state index in [0.29, 0.717) is 22.6 Å². The number of halogens is 2. The van der Waals surface area contributed by atoms with Gasteiger partial charge in [-0.05, 0) is 89.2 Å². The number of likely N-dealkylation sites (tertiary alicyclic amines) is 2. The molecule has 0 unspecified atom stereocenters. The molecular weight excluding hydrogens is 583 g/mol. The lowest BCUT2D eigenvalue weighted by molar-refractivity contribution is 0.0204. The number of piperidine rings is 1. The maximum Gasteiger partial charge on any atom is 0.410 e. The van der Waals surface area contributed by atoms with Crippen molar-refractivity contribution in [2.75, 3.05) is 58.9 Å². The van der Waals surface area contributed by atoms with Gasteiger partial charge < -0.3 is 19.4 Å². The highest BCUT2D eigenvalue weighted by Crippen LogP contribution is 2.41. The van der Waals surface area contributed by atoms with Crippen molar-refractivity contribution in [1.82, 2.24) is 19.6 Å². The van der Waals surface area contributed by atoms with Crippen LogP contribution in [-0.4, -0.2) is 102 Å². The van der Waals surface area contributed by atoms with Crippen LogP contribution in [0.1, 0.15) is 68.8 Å². The molecule has 1 atom stereocenters. The Balaban J connectivity index is 1.16.